The van der Waals surface area contributed by atoms with Gasteiger partial charge in [0.15, 0.2) is 5.03 Å². The number of nitrogens with one attached hydrogen (secondary N) is 1. The van der Waals surface area contributed by atoms with Crippen molar-refractivity contribution in [3.8, 4) is 11.1 Å². The lowest BCUT2D eigenvalue weighted by atomic mass is 10.0. The predicted molar refractivity (Wildman–Crippen MR) is 131 cm³/mol. The Balaban J connectivity index is 1.69. The molecule has 0 saturated carbocycles. The predicted octanol–water partition coefficient (Wildman–Crippen LogP) is 4.56. The number of aryl methyl sites for hydroxylation is 1. The van der Waals surface area contributed by atoms with Crippen LogP contribution >= 0.6 is 0 Å². The number of anilines is 2. The molecule has 5 rings (SSSR count). The summed E-state index contributed by atoms with van der Waals surface area (Å²) in [6.07, 6.45) is 7.20. The van der Waals surface area contributed by atoms with Gasteiger partial charge in [-0.05, 0) is 57.0 Å². The molecule has 1 N–H and O–H groups in total. The highest BCUT2D eigenvalue weighted by Gasteiger charge is 2.24. The summed E-state index contributed by atoms with van der Waals surface area (Å²) in [5, 5.41) is 4.48. The lowest BCUT2D eigenvalue weighted by Gasteiger charge is -2.19. The number of pyridine rings is 1. The number of aromatic nitrogens is 4. The lowest BCUT2D eigenvalue weighted by molar-refractivity contribution is 0.593. The van der Waals surface area contributed by atoms with Gasteiger partial charge in [0.25, 0.3) is 10.0 Å². The summed E-state index contributed by atoms with van der Waals surface area (Å²) < 4.78 is 47.3. The van der Waals surface area contributed by atoms with Crippen LogP contribution in [0.5, 0.6) is 0 Å². The molecule has 4 aromatic rings. The molecule has 0 spiro atoms. The third kappa shape index (κ3) is 3.91. The van der Waals surface area contributed by atoms with Crippen molar-refractivity contribution >= 4 is 32.4 Å². The van der Waals surface area contributed by atoms with Crippen LogP contribution in [0.2, 0.25) is 0 Å². The Labute approximate surface area is 198 Å². The van der Waals surface area contributed by atoms with Crippen LogP contribution in [0, 0.1) is 5.82 Å². The van der Waals surface area contributed by atoms with Crippen molar-refractivity contribution in [3.63, 3.8) is 0 Å². The molecule has 1 saturated heterocycles. The van der Waals surface area contributed by atoms with Crippen LogP contribution in [0.3, 0.4) is 0 Å². The minimum atomic E-state index is -3.95. The van der Waals surface area contributed by atoms with Crippen LogP contribution in [-0.2, 0) is 17.1 Å². The van der Waals surface area contributed by atoms with E-state index in [0.717, 1.165) is 31.6 Å². The minimum Gasteiger partial charge on any atom is -0.372 e. The van der Waals surface area contributed by atoms with E-state index < -0.39 is 10.0 Å². The second-order valence-electron chi connectivity index (χ2n) is 8.89. The first-order valence-corrected chi connectivity index (χ1v) is 12.8. The maximum atomic E-state index is 15.2. The molecule has 0 atom stereocenters. The van der Waals surface area contributed by atoms with Crippen molar-refractivity contribution in [2.75, 3.05) is 22.7 Å². The third-order valence-corrected chi connectivity index (χ3v) is 7.45. The van der Waals surface area contributed by atoms with E-state index >= 15 is 4.39 Å². The molecule has 1 aliphatic rings. The Morgan fingerprint density at radius 3 is 2.53 bits per heavy atom. The highest BCUT2D eigenvalue weighted by Crippen LogP contribution is 2.39. The van der Waals surface area contributed by atoms with Crippen LogP contribution in [0.4, 0.5) is 15.8 Å². The van der Waals surface area contributed by atoms with Crippen LogP contribution in [0.15, 0.2) is 53.9 Å². The Morgan fingerprint density at radius 1 is 1.09 bits per heavy atom. The van der Waals surface area contributed by atoms with E-state index in [9.17, 15) is 8.42 Å². The van der Waals surface area contributed by atoms with Crippen molar-refractivity contribution < 1.29 is 12.8 Å². The topological polar surface area (TPSA) is 85.0 Å². The fraction of sp³-hybridized carbons (Fsp3) is 0.333. The number of rotatable bonds is 6. The molecule has 0 aliphatic carbocycles. The number of nitrogens with zero attached hydrogens (tertiary/aromatic N) is 5. The van der Waals surface area contributed by atoms with Gasteiger partial charge in [0.2, 0.25) is 0 Å². The summed E-state index contributed by atoms with van der Waals surface area (Å²) in [4.78, 5) is 6.76. The number of halogens is 1. The smallest absolute Gasteiger partial charge is 0.281 e. The molecule has 8 nitrogen and oxygen atoms in total. The van der Waals surface area contributed by atoms with Gasteiger partial charge in [0.05, 0.1) is 11.1 Å². The van der Waals surface area contributed by atoms with Crippen molar-refractivity contribution in [2.45, 2.75) is 37.8 Å². The van der Waals surface area contributed by atoms with Gasteiger partial charge in [-0.2, -0.15) is 13.5 Å². The van der Waals surface area contributed by atoms with Gasteiger partial charge in [0, 0.05) is 61.6 Å². The second kappa shape index (κ2) is 8.43. The van der Waals surface area contributed by atoms with E-state index in [1.54, 1.807) is 31.6 Å². The summed E-state index contributed by atoms with van der Waals surface area (Å²) in [5.74, 6) is -0.367. The average molecular weight is 483 g/mol. The van der Waals surface area contributed by atoms with E-state index in [-0.39, 0.29) is 16.9 Å². The Kier molecular flexibility index (Phi) is 5.55. The van der Waals surface area contributed by atoms with Gasteiger partial charge in [-0.25, -0.2) is 9.37 Å². The second-order valence-corrected chi connectivity index (χ2v) is 10.5. The Morgan fingerprint density at radius 2 is 1.85 bits per heavy atom. The summed E-state index contributed by atoms with van der Waals surface area (Å²) in [6, 6.07) is 8.20. The SMILES string of the molecule is CC(C)n1cc(-c2cc(N3CCCC3)ccc2F)c2c(NS(=O)(=O)c3ccn(C)n3)ccnc21. The summed E-state index contributed by atoms with van der Waals surface area (Å²) >= 11 is 0. The molecule has 1 fully saturated rings. The number of fused-ring (bicyclic) bond motifs is 1. The third-order valence-electron chi connectivity index (χ3n) is 6.19. The molecule has 1 aromatic carbocycles. The quantitative estimate of drug-likeness (QED) is 0.436. The van der Waals surface area contributed by atoms with Crippen molar-refractivity contribution in [3.05, 3.63) is 54.7 Å². The van der Waals surface area contributed by atoms with E-state index in [2.05, 4.69) is 19.7 Å². The first-order chi connectivity index (χ1) is 16.2. The fourth-order valence-electron chi connectivity index (χ4n) is 4.49. The van der Waals surface area contributed by atoms with E-state index in [0.29, 0.717) is 27.8 Å². The monoisotopic (exact) mass is 482 g/mol. The molecule has 0 unspecified atom stereocenters. The maximum Gasteiger partial charge on any atom is 0.281 e. The summed E-state index contributed by atoms with van der Waals surface area (Å²) in [5.41, 5.74) is 2.88. The number of hydrogen-bond donors (Lipinski definition) is 1. The molecule has 1 aliphatic heterocycles. The molecule has 178 valence electrons. The first kappa shape index (κ1) is 22.4. The zero-order chi connectivity index (χ0) is 24.0. The summed E-state index contributed by atoms with van der Waals surface area (Å²) in [6.45, 7) is 5.89. The molecule has 3 aromatic heterocycles. The van der Waals surface area contributed by atoms with E-state index in [1.807, 2.05) is 30.7 Å². The molecule has 0 bridgehead atoms. The van der Waals surface area contributed by atoms with Gasteiger partial charge < -0.3 is 9.47 Å². The van der Waals surface area contributed by atoms with Gasteiger partial charge in [-0.3, -0.25) is 9.40 Å². The normalized spacial score (nSPS) is 14.4. The molecule has 0 amide bonds. The van der Waals surface area contributed by atoms with Gasteiger partial charge in [-0.1, -0.05) is 0 Å². The molecule has 4 heterocycles. The molecule has 10 heteroatoms. The van der Waals surface area contributed by atoms with E-state index in [1.165, 1.54) is 16.8 Å². The molecular formula is C24H27FN6O2S. The van der Waals surface area contributed by atoms with Gasteiger partial charge in [0.1, 0.15) is 11.5 Å². The molecule has 0 radical (unpaired) electrons. The summed E-state index contributed by atoms with van der Waals surface area (Å²) in [7, 11) is -2.29. The fourth-order valence-corrected chi connectivity index (χ4v) is 5.53. The van der Waals surface area contributed by atoms with Crippen LogP contribution in [0.25, 0.3) is 22.2 Å². The Hall–Kier alpha value is -3.40. The Bertz CT molecular complexity index is 1470. The van der Waals surface area contributed by atoms with Crippen LogP contribution < -0.4 is 9.62 Å². The molecular weight excluding hydrogens is 455 g/mol. The highest BCUT2D eigenvalue weighted by atomic mass is 32.2. The lowest BCUT2D eigenvalue weighted by Crippen LogP contribution is -2.17. The molecule has 34 heavy (non-hydrogen) atoms. The standard InChI is InChI=1S/C24H27FN6O2S/c1-16(2)31-15-19(18-14-17(6-7-20(18)25)30-11-4-5-12-30)23-21(8-10-26-24(23)31)28-34(32,33)22-9-13-29(3)27-22/h6-10,13-16H,4-5,11-12H2,1-3H3,(H,26,28). The van der Waals surface area contributed by atoms with Gasteiger partial charge >= 0.3 is 0 Å². The van der Waals surface area contributed by atoms with Crippen molar-refractivity contribution in [2.24, 2.45) is 7.05 Å². The number of benzene rings is 1. The van der Waals surface area contributed by atoms with Crippen LogP contribution in [-0.4, -0.2) is 40.8 Å². The van der Waals surface area contributed by atoms with Crippen LogP contribution in [0.1, 0.15) is 32.7 Å². The van der Waals surface area contributed by atoms with Crippen molar-refractivity contribution in [1.29, 1.82) is 0 Å². The minimum absolute atomic E-state index is 0.0382. The van der Waals surface area contributed by atoms with Crippen molar-refractivity contribution in [1.82, 2.24) is 19.3 Å². The van der Waals surface area contributed by atoms with E-state index in [4.69, 9.17) is 0 Å². The average Bonchev–Trinajstić information content (AvgIpc) is 3.54. The maximum absolute atomic E-state index is 15.2. The zero-order valence-electron chi connectivity index (χ0n) is 19.4. The van der Waals surface area contributed by atoms with Gasteiger partial charge in [-0.15, -0.1) is 0 Å². The first-order valence-electron chi connectivity index (χ1n) is 11.3. The largest absolute Gasteiger partial charge is 0.372 e. The number of sulfonamides is 1. The number of hydrogen-bond acceptors (Lipinski definition) is 5. The zero-order valence-corrected chi connectivity index (χ0v) is 20.2. The highest BCUT2D eigenvalue weighted by molar-refractivity contribution is 7.92.